The van der Waals surface area contributed by atoms with Crippen LogP contribution in [0.1, 0.15) is 18.7 Å². The van der Waals surface area contributed by atoms with Crippen molar-refractivity contribution >= 4 is 0 Å². The van der Waals surface area contributed by atoms with Gasteiger partial charge in [-0.1, -0.05) is 30.3 Å². The topological polar surface area (TPSA) is 26.0 Å². The van der Waals surface area contributed by atoms with E-state index in [9.17, 15) is 4.39 Å². The highest BCUT2D eigenvalue weighted by Crippen LogP contribution is 2.18. The van der Waals surface area contributed by atoms with E-state index in [0.29, 0.717) is 5.56 Å². The second-order valence-corrected chi connectivity index (χ2v) is 2.67. The molecule has 0 amide bonds. The number of hydrogen-bond acceptors (Lipinski definition) is 1. The minimum absolute atomic E-state index is 0.433. The Morgan fingerprint density at radius 2 is 1.82 bits per heavy atom. The third-order valence-corrected chi connectivity index (χ3v) is 1.58. The van der Waals surface area contributed by atoms with Gasteiger partial charge in [-0.25, -0.2) is 4.39 Å². The third-order valence-electron chi connectivity index (χ3n) is 1.58. The van der Waals surface area contributed by atoms with Gasteiger partial charge in [-0.3, -0.25) is 0 Å². The Morgan fingerprint density at radius 1 is 1.27 bits per heavy atom. The van der Waals surface area contributed by atoms with Crippen LogP contribution in [0, 0.1) is 0 Å². The van der Waals surface area contributed by atoms with E-state index in [1.165, 1.54) is 0 Å². The van der Waals surface area contributed by atoms with Gasteiger partial charge in [-0.05, 0) is 12.5 Å². The van der Waals surface area contributed by atoms with Crippen molar-refractivity contribution in [3.63, 3.8) is 0 Å². The van der Waals surface area contributed by atoms with E-state index < -0.39 is 12.2 Å². The molecular formula is C9H12FN. The first-order valence-corrected chi connectivity index (χ1v) is 3.66. The van der Waals surface area contributed by atoms with Crippen LogP contribution in [-0.2, 0) is 0 Å². The molecule has 60 valence electrons. The molecule has 1 aromatic carbocycles. The second kappa shape index (κ2) is 3.49. The van der Waals surface area contributed by atoms with Crippen molar-refractivity contribution in [2.24, 2.45) is 5.73 Å². The molecule has 0 aliphatic rings. The molecule has 2 atom stereocenters. The first-order valence-electron chi connectivity index (χ1n) is 3.66. The van der Waals surface area contributed by atoms with Gasteiger partial charge in [-0.15, -0.1) is 0 Å². The predicted octanol–water partition coefficient (Wildman–Crippen LogP) is 2.04. The molecule has 2 N–H and O–H groups in total. The van der Waals surface area contributed by atoms with Gasteiger partial charge in [0.25, 0.3) is 0 Å². The lowest BCUT2D eigenvalue weighted by molar-refractivity contribution is 0.300. The molecule has 11 heavy (non-hydrogen) atoms. The Hall–Kier alpha value is -0.890. The molecule has 0 saturated carbocycles. The molecule has 0 bridgehead atoms. The Labute approximate surface area is 66.0 Å². The third kappa shape index (κ3) is 2.02. The molecule has 0 radical (unpaired) electrons. The fraction of sp³-hybridized carbons (Fsp3) is 0.333. The summed E-state index contributed by atoms with van der Waals surface area (Å²) in [6, 6.07) is 8.53. The van der Waals surface area contributed by atoms with Gasteiger partial charge in [0.15, 0.2) is 0 Å². The number of hydrogen-bond donors (Lipinski definition) is 1. The molecule has 0 saturated heterocycles. The molecular weight excluding hydrogens is 141 g/mol. The van der Waals surface area contributed by atoms with Crippen molar-refractivity contribution < 1.29 is 4.39 Å². The van der Waals surface area contributed by atoms with Crippen LogP contribution in [0.15, 0.2) is 30.3 Å². The van der Waals surface area contributed by atoms with Crippen molar-refractivity contribution in [1.29, 1.82) is 0 Å². The van der Waals surface area contributed by atoms with Crippen LogP contribution in [0.25, 0.3) is 0 Å². The summed E-state index contributed by atoms with van der Waals surface area (Å²) >= 11 is 0. The Morgan fingerprint density at radius 3 is 2.27 bits per heavy atom. The minimum atomic E-state index is -1.05. The van der Waals surface area contributed by atoms with Crippen LogP contribution in [0.5, 0.6) is 0 Å². The van der Waals surface area contributed by atoms with Crippen LogP contribution < -0.4 is 5.73 Å². The first kappa shape index (κ1) is 8.21. The average Bonchev–Trinajstić information content (AvgIpc) is 2.05. The maximum absolute atomic E-state index is 13.1. The van der Waals surface area contributed by atoms with E-state index in [0.717, 1.165) is 0 Å². The quantitative estimate of drug-likeness (QED) is 0.691. The molecule has 0 fully saturated rings. The van der Waals surface area contributed by atoms with Gasteiger partial charge in [0, 0.05) is 6.04 Å². The van der Waals surface area contributed by atoms with Gasteiger partial charge in [0.05, 0.1) is 0 Å². The van der Waals surface area contributed by atoms with E-state index in [2.05, 4.69) is 0 Å². The summed E-state index contributed by atoms with van der Waals surface area (Å²) in [6.07, 6.45) is -1.05. The minimum Gasteiger partial charge on any atom is -0.325 e. The summed E-state index contributed by atoms with van der Waals surface area (Å²) in [5.41, 5.74) is 6.05. The molecule has 0 aliphatic heterocycles. The normalized spacial score (nSPS) is 15.9. The highest BCUT2D eigenvalue weighted by Gasteiger charge is 2.12. The van der Waals surface area contributed by atoms with Crippen LogP contribution in [0.4, 0.5) is 4.39 Å². The summed E-state index contributed by atoms with van der Waals surface area (Å²) in [5, 5.41) is 0. The number of halogens is 1. The van der Waals surface area contributed by atoms with Gasteiger partial charge >= 0.3 is 0 Å². The lowest BCUT2D eigenvalue weighted by Gasteiger charge is -2.11. The summed E-state index contributed by atoms with van der Waals surface area (Å²) in [6.45, 7) is 1.66. The van der Waals surface area contributed by atoms with E-state index in [-0.39, 0.29) is 0 Å². The summed E-state index contributed by atoms with van der Waals surface area (Å²) in [5.74, 6) is 0. The van der Waals surface area contributed by atoms with E-state index in [1.807, 2.05) is 18.2 Å². The maximum Gasteiger partial charge on any atom is 0.140 e. The SMILES string of the molecule is CC(N)C(F)c1ccccc1. The summed E-state index contributed by atoms with van der Waals surface area (Å²) < 4.78 is 13.1. The van der Waals surface area contributed by atoms with Crippen LogP contribution >= 0.6 is 0 Å². The Balaban J connectivity index is 2.77. The number of nitrogens with two attached hydrogens (primary N) is 1. The number of alkyl halides is 1. The lowest BCUT2D eigenvalue weighted by Crippen LogP contribution is -2.21. The fourth-order valence-electron chi connectivity index (χ4n) is 0.940. The molecule has 2 heteroatoms. The highest BCUT2D eigenvalue weighted by molar-refractivity contribution is 5.18. The van der Waals surface area contributed by atoms with Gasteiger partial charge in [-0.2, -0.15) is 0 Å². The summed E-state index contributed by atoms with van der Waals surface area (Å²) in [7, 11) is 0. The van der Waals surface area contributed by atoms with Gasteiger partial charge < -0.3 is 5.73 Å². The zero-order valence-corrected chi connectivity index (χ0v) is 6.50. The number of rotatable bonds is 2. The van der Waals surface area contributed by atoms with Crippen LogP contribution in [0.3, 0.4) is 0 Å². The van der Waals surface area contributed by atoms with Crippen molar-refractivity contribution in [2.75, 3.05) is 0 Å². The maximum atomic E-state index is 13.1. The van der Waals surface area contributed by atoms with Crippen LogP contribution in [0.2, 0.25) is 0 Å². The standard InChI is InChI=1S/C9H12FN/c1-7(11)9(10)8-5-3-2-4-6-8/h2-7,9H,11H2,1H3. The van der Waals surface area contributed by atoms with E-state index >= 15 is 0 Å². The molecule has 0 aliphatic carbocycles. The number of benzene rings is 1. The zero-order chi connectivity index (χ0) is 8.27. The molecule has 2 unspecified atom stereocenters. The van der Waals surface area contributed by atoms with Gasteiger partial charge in [0.2, 0.25) is 0 Å². The predicted molar refractivity (Wildman–Crippen MR) is 43.9 cm³/mol. The lowest BCUT2D eigenvalue weighted by atomic mass is 10.1. The van der Waals surface area contributed by atoms with E-state index in [4.69, 9.17) is 5.73 Å². The monoisotopic (exact) mass is 153 g/mol. The second-order valence-electron chi connectivity index (χ2n) is 2.67. The van der Waals surface area contributed by atoms with E-state index in [1.54, 1.807) is 19.1 Å². The zero-order valence-electron chi connectivity index (χ0n) is 6.50. The van der Waals surface area contributed by atoms with Crippen molar-refractivity contribution in [2.45, 2.75) is 19.1 Å². The highest BCUT2D eigenvalue weighted by atomic mass is 19.1. The van der Waals surface area contributed by atoms with Crippen molar-refractivity contribution in [1.82, 2.24) is 0 Å². The molecule has 1 aromatic rings. The van der Waals surface area contributed by atoms with Crippen molar-refractivity contribution in [3.05, 3.63) is 35.9 Å². The first-order chi connectivity index (χ1) is 5.22. The smallest absolute Gasteiger partial charge is 0.140 e. The fourth-order valence-corrected chi connectivity index (χ4v) is 0.940. The Bertz CT molecular complexity index is 208. The average molecular weight is 153 g/mol. The summed E-state index contributed by atoms with van der Waals surface area (Å²) in [4.78, 5) is 0. The molecule has 1 nitrogen and oxygen atoms in total. The molecule has 0 aromatic heterocycles. The Kier molecular flexibility index (Phi) is 2.60. The van der Waals surface area contributed by atoms with Gasteiger partial charge in [0.1, 0.15) is 6.17 Å². The molecule has 0 spiro atoms. The van der Waals surface area contributed by atoms with Crippen molar-refractivity contribution in [3.8, 4) is 0 Å². The largest absolute Gasteiger partial charge is 0.325 e. The van der Waals surface area contributed by atoms with Crippen LogP contribution in [-0.4, -0.2) is 6.04 Å². The molecule has 1 rings (SSSR count). The molecule has 0 heterocycles.